The third kappa shape index (κ3) is 4.56. The largest absolute Gasteiger partial charge is 0.411 e. The predicted molar refractivity (Wildman–Crippen MR) is 112 cm³/mol. The van der Waals surface area contributed by atoms with E-state index in [0.29, 0.717) is 28.6 Å². The fourth-order valence-electron chi connectivity index (χ4n) is 2.75. The second-order valence-electron chi connectivity index (χ2n) is 7.87. The molecule has 0 radical (unpaired) electrons. The van der Waals surface area contributed by atoms with Crippen LogP contribution < -0.4 is 0 Å². The van der Waals surface area contributed by atoms with Crippen LogP contribution in [0.4, 0.5) is 0 Å². The molecule has 0 unspecified atom stereocenters. The molecule has 7 heteroatoms. The van der Waals surface area contributed by atoms with Gasteiger partial charge in [0.2, 0.25) is 17.6 Å². The van der Waals surface area contributed by atoms with E-state index in [9.17, 15) is 0 Å². The monoisotopic (exact) mass is 406 g/mol. The van der Waals surface area contributed by atoms with Crippen molar-refractivity contribution in [3.8, 4) is 22.8 Å². The van der Waals surface area contributed by atoms with Crippen LogP contribution >= 0.6 is 11.8 Å². The Hall–Kier alpha value is -2.93. The zero-order chi connectivity index (χ0) is 20.4. The maximum absolute atomic E-state index is 5.77. The number of aromatic nitrogens is 4. The van der Waals surface area contributed by atoms with Gasteiger partial charge in [-0.15, -0.1) is 10.2 Å². The summed E-state index contributed by atoms with van der Waals surface area (Å²) in [5.41, 5.74) is 4.38. The molecule has 0 bridgehead atoms. The maximum atomic E-state index is 5.77. The molecule has 0 aliphatic heterocycles. The summed E-state index contributed by atoms with van der Waals surface area (Å²) >= 11 is 1.37. The lowest BCUT2D eigenvalue weighted by Crippen LogP contribution is -2.10. The molecular formula is C22H22N4O2S. The van der Waals surface area contributed by atoms with Crippen molar-refractivity contribution in [3.63, 3.8) is 0 Å². The van der Waals surface area contributed by atoms with Crippen LogP contribution in [0.5, 0.6) is 0 Å². The molecule has 0 aliphatic carbocycles. The Bertz CT molecular complexity index is 1090. The van der Waals surface area contributed by atoms with E-state index in [2.05, 4.69) is 53.2 Å². The Labute approximate surface area is 173 Å². The summed E-state index contributed by atoms with van der Waals surface area (Å²) in [7, 11) is 0. The van der Waals surface area contributed by atoms with Crippen molar-refractivity contribution < 1.29 is 8.94 Å². The van der Waals surface area contributed by atoms with Gasteiger partial charge in [0, 0.05) is 11.1 Å². The molecule has 2 aromatic carbocycles. The molecule has 0 fully saturated rings. The van der Waals surface area contributed by atoms with E-state index in [0.717, 1.165) is 11.1 Å². The van der Waals surface area contributed by atoms with E-state index in [1.165, 1.54) is 22.9 Å². The Morgan fingerprint density at radius 3 is 2.28 bits per heavy atom. The molecule has 6 nitrogen and oxygen atoms in total. The maximum Gasteiger partial charge on any atom is 0.277 e. The molecule has 0 saturated heterocycles. The van der Waals surface area contributed by atoms with Gasteiger partial charge in [-0.3, -0.25) is 0 Å². The number of nitrogens with zero attached hydrogens (tertiary/aromatic N) is 4. The number of rotatable bonds is 5. The first-order valence-corrected chi connectivity index (χ1v) is 10.3. The van der Waals surface area contributed by atoms with Crippen molar-refractivity contribution in [2.45, 2.75) is 44.1 Å². The van der Waals surface area contributed by atoms with E-state index in [1.807, 2.05) is 43.3 Å². The Kier molecular flexibility index (Phi) is 5.24. The minimum atomic E-state index is 0.107. The van der Waals surface area contributed by atoms with Crippen LogP contribution in [0.1, 0.15) is 37.8 Å². The molecule has 2 heterocycles. The second kappa shape index (κ2) is 7.83. The molecule has 4 rings (SSSR count). The SMILES string of the molecule is Cc1ccc(-c2noc(CSc3nnc(-c4ccc(C(C)(C)C)cc4)o3)n2)cc1. The first-order chi connectivity index (χ1) is 13.9. The third-order valence-corrected chi connectivity index (χ3v) is 5.30. The van der Waals surface area contributed by atoms with Crippen molar-refractivity contribution in [1.29, 1.82) is 0 Å². The van der Waals surface area contributed by atoms with Crippen LogP contribution in [0.2, 0.25) is 0 Å². The number of aryl methyl sites for hydroxylation is 1. The first-order valence-electron chi connectivity index (χ1n) is 9.35. The third-order valence-electron chi connectivity index (χ3n) is 4.50. The molecule has 0 aliphatic rings. The van der Waals surface area contributed by atoms with Gasteiger partial charge in [-0.25, -0.2) is 0 Å². The molecule has 4 aromatic rings. The first kappa shape index (κ1) is 19.4. The van der Waals surface area contributed by atoms with Gasteiger partial charge in [-0.1, -0.05) is 79.7 Å². The van der Waals surface area contributed by atoms with Crippen LogP contribution in [-0.2, 0) is 11.2 Å². The fourth-order valence-corrected chi connectivity index (χ4v) is 3.36. The van der Waals surface area contributed by atoms with Gasteiger partial charge in [0.15, 0.2) is 0 Å². The Morgan fingerprint density at radius 2 is 1.59 bits per heavy atom. The molecular weight excluding hydrogens is 384 g/mol. The molecule has 0 saturated carbocycles. The highest BCUT2D eigenvalue weighted by Gasteiger charge is 2.16. The van der Waals surface area contributed by atoms with Gasteiger partial charge >= 0.3 is 0 Å². The lowest BCUT2D eigenvalue weighted by atomic mass is 9.87. The summed E-state index contributed by atoms with van der Waals surface area (Å²) in [4.78, 5) is 4.43. The average Bonchev–Trinajstić information content (AvgIpc) is 3.36. The van der Waals surface area contributed by atoms with Gasteiger partial charge in [0.05, 0.1) is 5.75 Å². The van der Waals surface area contributed by atoms with Crippen LogP contribution in [0.3, 0.4) is 0 Å². The predicted octanol–water partition coefficient (Wildman–Crippen LogP) is 5.68. The Balaban J connectivity index is 1.40. The summed E-state index contributed by atoms with van der Waals surface area (Å²) < 4.78 is 11.1. The van der Waals surface area contributed by atoms with Gasteiger partial charge in [0.25, 0.3) is 5.22 Å². The summed E-state index contributed by atoms with van der Waals surface area (Å²) in [5, 5.41) is 12.8. The highest BCUT2D eigenvalue weighted by atomic mass is 32.2. The summed E-state index contributed by atoms with van der Waals surface area (Å²) in [6.45, 7) is 8.60. The normalized spacial score (nSPS) is 11.7. The van der Waals surface area contributed by atoms with Crippen molar-refractivity contribution >= 4 is 11.8 Å². The summed E-state index contributed by atoms with van der Waals surface area (Å²) in [6.07, 6.45) is 0. The topological polar surface area (TPSA) is 77.8 Å². The molecule has 0 amide bonds. The zero-order valence-electron chi connectivity index (χ0n) is 16.8. The van der Waals surface area contributed by atoms with E-state index in [4.69, 9.17) is 8.94 Å². The van der Waals surface area contributed by atoms with Gasteiger partial charge < -0.3 is 8.94 Å². The van der Waals surface area contributed by atoms with Crippen molar-refractivity contribution in [1.82, 2.24) is 20.3 Å². The minimum absolute atomic E-state index is 0.107. The van der Waals surface area contributed by atoms with E-state index < -0.39 is 0 Å². The van der Waals surface area contributed by atoms with Crippen LogP contribution in [0.15, 0.2) is 62.7 Å². The highest BCUT2D eigenvalue weighted by Crippen LogP contribution is 2.28. The van der Waals surface area contributed by atoms with Crippen LogP contribution in [0, 0.1) is 6.92 Å². The lowest BCUT2D eigenvalue weighted by molar-refractivity contribution is 0.391. The fraction of sp³-hybridized carbons (Fsp3) is 0.273. The number of hydrogen-bond donors (Lipinski definition) is 0. The number of thioether (sulfide) groups is 1. The van der Waals surface area contributed by atoms with E-state index >= 15 is 0 Å². The van der Waals surface area contributed by atoms with Crippen molar-refractivity contribution in [2.75, 3.05) is 0 Å². The number of benzene rings is 2. The quantitative estimate of drug-likeness (QED) is 0.394. The molecule has 29 heavy (non-hydrogen) atoms. The molecule has 0 spiro atoms. The van der Waals surface area contributed by atoms with Gasteiger partial charge in [0.1, 0.15) is 0 Å². The Morgan fingerprint density at radius 1 is 0.897 bits per heavy atom. The van der Waals surface area contributed by atoms with Crippen LogP contribution in [0.25, 0.3) is 22.8 Å². The zero-order valence-corrected chi connectivity index (χ0v) is 17.7. The molecule has 2 aromatic heterocycles. The van der Waals surface area contributed by atoms with Gasteiger partial charge in [-0.05, 0) is 30.0 Å². The summed E-state index contributed by atoms with van der Waals surface area (Å²) in [5.74, 6) is 2.05. The van der Waals surface area contributed by atoms with E-state index in [-0.39, 0.29) is 5.41 Å². The average molecular weight is 407 g/mol. The van der Waals surface area contributed by atoms with Gasteiger partial charge in [-0.2, -0.15) is 4.98 Å². The van der Waals surface area contributed by atoms with Crippen molar-refractivity contribution in [2.24, 2.45) is 0 Å². The standard InChI is InChI=1S/C22H22N4O2S/c1-14-5-7-15(8-6-14)19-23-18(28-26-19)13-29-21-25-24-20(27-21)16-9-11-17(12-10-16)22(2,3)4/h5-12H,13H2,1-4H3. The summed E-state index contributed by atoms with van der Waals surface area (Å²) in [6, 6.07) is 16.2. The molecule has 0 atom stereocenters. The minimum Gasteiger partial charge on any atom is -0.411 e. The smallest absolute Gasteiger partial charge is 0.277 e. The van der Waals surface area contributed by atoms with Crippen LogP contribution in [-0.4, -0.2) is 20.3 Å². The lowest BCUT2D eigenvalue weighted by Gasteiger charge is -2.18. The highest BCUT2D eigenvalue weighted by molar-refractivity contribution is 7.98. The molecule has 0 N–H and O–H groups in total. The number of hydrogen-bond acceptors (Lipinski definition) is 7. The molecule has 148 valence electrons. The van der Waals surface area contributed by atoms with E-state index in [1.54, 1.807) is 0 Å². The second-order valence-corrected chi connectivity index (χ2v) is 8.79. The van der Waals surface area contributed by atoms with Crippen molar-refractivity contribution in [3.05, 3.63) is 65.5 Å².